The van der Waals surface area contributed by atoms with E-state index in [0.717, 1.165) is 5.69 Å². The van der Waals surface area contributed by atoms with Crippen molar-refractivity contribution in [1.82, 2.24) is 0 Å². The first kappa shape index (κ1) is 12.9. The van der Waals surface area contributed by atoms with E-state index in [1.165, 1.54) is 11.3 Å². The maximum atomic E-state index is 12.0. The van der Waals surface area contributed by atoms with Crippen LogP contribution in [0.1, 0.15) is 0 Å². The molecule has 1 N–H and O–H groups in total. The molecule has 0 unspecified atom stereocenters. The molecule has 0 amide bonds. The Morgan fingerprint density at radius 3 is 2.72 bits per heavy atom. The molecule has 0 spiro atoms. The molecule has 2 aromatic rings. The zero-order chi connectivity index (χ0) is 13.2. The van der Waals surface area contributed by atoms with Crippen molar-refractivity contribution in [3.63, 3.8) is 0 Å². The molecule has 1 heterocycles. The van der Waals surface area contributed by atoms with Gasteiger partial charge in [0.2, 0.25) is 0 Å². The van der Waals surface area contributed by atoms with Crippen molar-refractivity contribution in [3.05, 3.63) is 41.8 Å². The fraction of sp³-hybridized carbons (Fsp3) is 0.167. The summed E-state index contributed by atoms with van der Waals surface area (Å²) in [6.07, 6.45) is 0. The second-order valence-electron chi connectivity index (χ2n) is 3.89. The van der Waals surface area contributed by atoms with Crippen LogP contribution in [0.3, 0.4) is 0 Å². The van der Waals surface area contributed by atoms with Gasteiger partial charge in [-0.25, -0.2) is 8.42 Å². The molecule has 2 rings (SSSR count). The van der Waals surface area contributed by atoms with Gasteiger partial charge in [-0.1, -0.05) is 12.1 Å². The number of benzene rings is 1. The lowest BCUT2D eigenvalue weighted by Gasteiger charge is -2.14. The average Bonchev–Trinajstić information content (AvgIpc) is 2.82. The van der Waals surface area contributed by atoms with E-state index in [9.17, 15) is 8.42 Å². The maximum Gasteiger partial charge on any atom is 0.271 e. The van der Waals surface area contributed by atoms with Crippen LogP contribution in [-0.4, -0.2) is 22.5 Å². The van der Waals surface area contributed by atoms with Gasteiger partial charge in [-0.15, -0.1) is 11.3 Å². The Balaban J connectivity index is 2.27. The third-order valence-electron chi connectivity index (χ3n) is 2.31. The monoisotopic (exact) mass is 281 g/mol. The first-order valence-corrected chi connectivity index (χ1v) is 7.61. The molecule has 0 aliphatic heterocycles. The van der Waals surface area contributed by atoms with E-state index in [1.54, 1.807) is 29.6 Å². The van der Waals surface area contributed by atoms with Crippen LogP contribution in [0.15, 0.2) is 39.9 Å². The smallest absolute Gasteiger partial charge is 0.271 e. The summed E-state index contributed by atoms with van der Waals surface area (Å²) in [4.78, 5) is 1.90. The lowest BCUT2D eigenvalue weighted by atomic mass is 10.3. The molecule has 0 fully saturated rings. The zero-order valence-corrected chi connectivity index (χ0v) is 11.7. The van der Waals surface area contributed by atoms with Gasteiger partial charge in [0.25, 0.3) is 10.0 Å². The predicted molar refractivity (Wildman–Crippen MR) is 74.7 cm³/mol. The molecule has 0 saturated heterocycles. The highest BCUT2D eigenvalue weighted by Crippen LogP contribution is 2.22. The Hall–Kier alpha value is -1.53. The third kappa shape index (κ3) is 2.83. The number of rotatable bonds is 4. The minimum Gasteiger partial charge on any atom is -0.378 e. The first-order valence-electron chi connectivity index (χ1n) is 5.24. The molecule has 95 valence electrons. The van der Waals surface area contributed by atoms with Crippen LogP contribution in [0.2, 0.25) is 0 Å². The summed E-state index contributed by atoms with van der Waals surface area (Å²) in [5, 5.41) is 1.73. The highest BCUT2D eigenvalue weighted by molar-refractivity contribution is 7.94. The maximum absolute atomic E-state index is 12.0. The molecule has 0 saturated carbocycles. The Bertz CT molecular complexity index is 619. The molecular weight excluding hydrogens is 268 g/mol. The Kier molecular flexibility index (Phi) is 3.58. The van der Waals surface area contributed by atoms with Gasteiger partial charge in [0.1, 0.15) is 4.21 Å². The number of nitrogens with zero attached hydrogens (tertiary/aromatic N) is 1. The summed E-state index contributed by atoms with van der Waals surface area (Å²) in [5.41, 5.74) is 1.35. The standard InChI is InChI=1S/C12H13N2O2S2/c1-14(2)11-6-3-5-10(9-11)13-18(15,16)12-7-4-8-17-12/h3-4,6-9,13H,1-2H3. The topological polar surface area (TPSA) is 49.4 Å². The van der Waals surface area contributed by atoms with Gasteiger partial charge < -0.3 is 4.90 Å². The van der Waals surface area contributed by atoms with E-state index in [0.29, 0.717) is 9.90 Å². The van der Waals surface area contributed by atoms with Crippen molar-refractivity contribution in [3.8, 4) is 0 Å². The van der Waals surface area contributed by atoms with Gasteiger partial charge in [-0.05, 0) is 23.6 Å². The molecule has 1 radical (unpaired) electrons. The number of hydrogen-bond acceptors (Lipinski definition) is 4. The summed E-state index contributed by atoms with van der Waals surface area (Å²) in [7, 11) is 0.298. The third-order valence-corrected chi connectivity index (χ3v) is 5.07. The molecular formula is C12H13N2O2S2. The van der Waals surface area contributed by atoms with Crippen LogP contribution in [0.5, 0.6) is 0 Å². The molecule has 0 bridgehead atoms. The van der Waals surface area contributed by atoms with Gasteiger partial charge in [-0.3, -0.25) is 4.72 Å². The van der Waals surface area contributed by atoms with Crippen molar-refractivity contribution in [1.29, 1.82) is 0 Å². The van der Waals surface area contributed by atoms with Crippen molar-refractivity contribution in [2.75, 3.05) is 23.7 Å². The van der Waals surface area contributed by atoms with E-state index in [2.05, 4.69) is 10.8 Å². The van der Waals surface area contributed by atoms with Gasteiger partial charge >= 0.3 is 0 Å². The highest BCUT2D eigenvalue weighted by Gasteiger charge is 2.15. The number of thiophene rings is 1. The van der Waals surface area contributed by atoms with Crippen LogP contribution in [0.4, 0.5) is 11.4 Å². The van der Waals surface area contributed by atoms with Gasteiger partial charge in [0, 0.05) is 25.8 Å². The average molecular weight is 281 g/mol. The molecule has 18 heavy (non-hydrogen) atoms. The molecule has 6 heteroatoms. The lowest BCUT2D eigenvalue weighted by molar-refractivity contribution is 0.603. The number of anilines is 2. The second kappa shape index (κ2) is 4.99. The van der Waals surface area contributed by atoms with Crippen LogP contribution in [-0.2, 0) is 10.0 Å². The quantitative estimate of drug-likeness (QED) is 0.936. The fourth-order valence-electron chi connectivity index (χ4n) is 1.40. The van der Waals surface area contributed by atoms with Gasteiger partial charge in [-0.2, -0.15) is 0 Å². The summed E-state index contributed by atoms with van der Waals surface area (Å²) in [6, 6.07) is 11.5. The van der Waals surface area contributed by atoms with Crippen molar-refractivity contribution >= 4 is 32.7 Å². The number of nitrogens with one attached hydrogen (secondary N) is 1. The Labute approximate surface area is 111 Å². The molecule has 0 aliphatic rings. The van der Waals surface area contributed by atoms with E-state index in [4.69, 9.17) is 0 Å². The Morgan fingerprint density at radius 2 is 2.11 bits per heavy atom. The van der Waals surface area contributed by atoms with E-state index < -0.39 is 10.0 Å². The van der Waals surface area contributed by atoms with E-state index in [-0.39, 0.29) is 0 Å². The zero-order valence-electron chi connectivity index (χ0n) is 10.0. The summed E-state index contributed by atoms with van der Waals surface area (Å²) >= 11 is 1.18. The highest BCUT2D eigenvalue weighted by atomic mass is 32.2. The predicted octanol–water partition coefficient (Wildman–Crippen LogP) is 2.42. The van der Waals surface area contributed by atoms with Crippen LogP contribution < -0.4 is 9.62 Å². The minimum atomic E-state index is -3.49. The van der Waals surface area contributed by atoms with Crippen LogP contribution in [0.25, 0.3) is 0 Å². The normalized spacial score (nSPS) is 11.2. The summed E-state index contributed by atoms with van der Waals surface area (Å²) in [5.74, 6) is 0. The molecule has 4 nitrogen and oxygen atoms in total. The summed E-state index contributed by atoms with van der Waals surface area (Å²) < 4.78 is 26.8. The van der Waals surface area contributed by atoms with Crippen molar-refractivity contribution in [2.45, 2.75) is 4.21 Å². The molecule has 0 atom stereocenters. The van der Waals surface area contributed by atoms with E-state index in [1.807, 2.05) is 25.1 Å². The fourth-order valence-corrected chi connectivity index (χ4v) is 3.42. The minimum absolute atomic E-state index is 0.297. The van der Waals surface area contributed by atoms with Crippen LogP contribution in [0, 0.1) is 6.07 Å². The molecule has 1 aromatic heterocycles. The van der Waals surface area contributed by atoms with Crippen LogP contribution >= 0.6 is 11.3 Å². The largest absolute Gasteiger partial charge is 0.378 e. The Morgan fingerprint density at radius 1 is 1.33 bits per heavy atom. The summed E-state index contributed by atoms with van der Waals surface area (Å²) in [6.45, 7) is 0. The van der Waals surface area contributed by atoms with Gasteiger partial charge in [0.05, 0.1) is 5.69 Å². The number of hydrogen-bond donors (Lipinski definition) is 1. The SMILES string of the molecule is CN(C)c1cc[c]c(NS(=O)(=O)c2cccs2)c1. The van der Waals surface area contributed by atoms with Gasteiger partial charge in [0.15, 0.2) is 0 Å². The first-order chi connectivity index (χ1) is 8.49. The van der Waals surface area contributed by atoms with Crippen molar-refractivity contribution in [2.24, 2.45) is 0 Å². The van der Waals surface area contributed by atoms with E-state index >= 15 is 0 Å². The van der Waals surface area contributed by atoms with Crippen molar-refractivity contribution < 1.29 is 8.42 Å². The molecule has 1 aromatic carbocycles. The number of sulfonamides is 1. The lowest BCUT2D eigenvalue weighted by Crippen LogP contribution is -2.13. The second-order valence-corrected chi connectivity index (χ2v) is 6.75. The molecule has 0 aliphatic carbocycles.